The molecule has 3 rings (SSSR count). The zero-order chi connectivity index (χ0) is 20.0. The molecule has 2 aromatic rings. The zero-order valence-electron chi connectivity index (χ0n) is 16.7. The molecule has 0 amide bonds. The van der Waals surface area contributed by atoms with Gasteiger partial charge in [-0.05, 0) is 31.0 Å². The fraction of sp³-hybridized carbons (Fsp3) is 0.417. The highest BCUT2D eigenvalue weighted by molar-refractivity contribution is 5.45. The summed E-state index contributed by atoms with van der Waals surface area (Å²) in [5.74, 6) is 16.3. The van der Waals surface area contributed by atoms with E-state index in [0.717, 1.165) is 11.1 Å². The third-order valence-electron chi connectivity index (χ3n) is 4.73. The molecule has 0 spiro atoms. The van der Waals surface area contributed by atoms with E-state index in [9.17, 15) is 0 Å². The number of aromatic nitrogens is 3. The Morgan fingerprint density at radius 3 is 2.57 bits per heavy atom. The lowest BCUT2D eigenvalue weighted by atomic mass is 9.76. The average molecular weight is 371 g/mol. The summed E-state index contributed by atoms with van der Waals surface area (Å²) in [6.45, 7) is 6.88. The van der Waals surface area contributed by atoms with Crippen LogP contribution in [0.5, 0.6) is 0 Å². The van der Waals surface area contributed by atoms with Crippen LogP contribution in [0.4, 0.5) is 0 Å². The summed E-state index contributed by atoms with van der Waals surface area (Å²) in [5, 5.41) is 4.23. The van der Waals surface area contributed by atoms with Gasteiger partial charge in [-0.3, -0.25) is 0 Å². The molecule has 0 bridgehead atoms. The predicted octanol–water partition coefficient (Wildman–Crippen LogP) is 3.53. The SMILES string of the molecule is C#CCOC(C#Cc1cccc(C#CC2CC2)c1)(Cn1cncn1)C(C)(C)C. The van der Waals surface area contributed by atoms with E-state index in [1.165, 1.54) is 19.2 Å². The number of hydrogen-bond donors (Lipinski definition) is 0. The monoisotopic (exact) mass is 371 g/mol. The van der Waals surface area contributed by atoms with Crippen molar-refractivity contribution in [2.45, 2.75) is 45.8 Å². The molecule has 0 saturated heterocycles. The van der Waals surface area contributed by atoms with Gasteiger partial charge >= 0.3 is 0 Å². The molecule has 1 atom stereocenters. The number of benzene rings is 1. The highest BCUT2D eigenvalue weighted by Crippen LogP contribution is 2.35. The standard InChI is InChI=1S/C24H25N3O/c1-5-15-28-24(23(2,3)4,17-27-19-25-18-26-27)14-13-22-8-6-7-21(16-22)12-11-20-9-10-20/h1,6-8,16,18-20H,9-10,15,17H2,2-4H3. The van der Waals surface area contributed by atoms with E-state index in [0.29, 0.717) is 12.5 Å². The number of hydrogen-bond acceptors (Lipinski definition) is 3. The molecule has 1 unspecified atom stereocenters. The van der Waals surface area contributed by atoms with Crippen LogP contribution in [0.3, 0.4) is 0 Å². The van der Waals surface area contributed by atoms with Gasteiger partial charge in [-0.25, -0.2) is 9.67 Å². The predicted molar refractivity (Wildman–Crippen MR) is 110 cm³/mol. The molecular formula is C24H25N3O. The van der Waals surface area contributed by atoms with E-state index in [4.69, 9.17) is 11.2 Å². The minimum absolute atomic E-state index is 0.174. The van der Waals surface area contributed by atoms with E-state index < -0.39 is 5.60 Å². The molecule has 1 aliphatic rings. The fourth-order valence-electron chi connectivity index (χ4n) is 2.73. The first kappa shape index (κ1) is 19.8. The maximum absolute atomic E-state index is 6.13. The summed E-state index contributed by atoms with van der Waals surface area (Å²) in [6.07, 6.45) is 11.1. The third kappa shape index (κ3) is 5.04. The Morgan fingerprint density at radius 2 is 1.96 bits per heavy atom. The Morgan fingerprint density at radius 1 is 1.21 bits per heavy atom. The van der Waals surface area contributed by atoms with Crippen LogP contribution in [0.2, 0.25) is 0 Å². The molecule has 4 nitrogen and oxygen atoms in total. The van der Waals surface area contributed by atoms with E-state index >= 15 is 0 Å². The number of rotatable bonds is 4. The van der Waals surface area contributed by atoms with Gasteiger partial charge < -0.3 is 4.74 Å². The highest BCUT2D eigenvalue weighted by Gasteiger charge is 2.42. The molecular weight excluding hydrogens is 346 g/mol. The molecule has 1 aliphatic carbocycles. The lowest BCUT2D eigenvalue weighted by Crippen LogP contribution is -2.48. The van der Waals surface area contributed by atoms with Gasteiger partial charge in [-0.1, -0.05) is 56.4 Å². The Bertz CT molecular complexity index is 967. The third-order valence-corrected chi connectivity index (χ3v) is 4.73. The van der Waals surface area contributed by atoms with Gasteiger partial charge in [0.1, 0.15) is 19.3 Å². The smallest absolute Gasteiger partial charge is 0.154 e. The molecule has 28 heavy (non-hydrogen) atoms. The molecule has 1 aromatic heterocycles. The van der Waals surface area contributed by atoms with Crippen molar-refractivity contribution in [3.8, 4) is 36.0 Å². The van der Waals surface area contributed by atoms with Crippen LogP contribution in [-0.2, 0) is 11.3 Å². The van der Waals surface area contributed by atoms with Gasteiger partial charge in [0, 0.05) is 22.5 Å². The Kier molecular flexibility index (Phi) is 5.89. The van der Waals surface area contributed by atoms with Gasteiger partial charge in [0.05, 0.1) is 6.54 Å². The van der Waals surface area contributed by atoms with E-state index in [2.05, 4.69) is 60.5 Å². The van der Waals surface area contributed by atoms with Crippen LogP contribution in [0.25, 0.3) is 0 Å². The Hall–Kier alpha value is -3.00. The number of terminal acetylenes is 1. The maximum Gasteiger partial charge on any atom is 0.154 e. The number of nitrogens with zero attached hydrogens (tertiary/aromatic N) is 3. The van der Waals surface area contributed by atoms with Crippen molar-refractivity contribution in [3.05, 3.63) is 48.0 Å². The summed E-state index contributed by atoms with van der Waals surface area (Å²) in [7, 11) is 0. The van der Waals surface area contributed by atoms with E-state index in [-0.39, 0.29) is 12.0 Å². The van der Waals surface area contributed by atoms with Crippen molar-refractivity contribution in [3.63, 3.8) is 0 Å². The van der Waals surface area contributed by atoms with E-state index in [1.807, 2.05) is 24.3 Å². The summed E-state index contributed by atoms with van der Waals surface area (Å²) >= 11 is 0. The second-order valence-electron chi connectivity index (χ2n) is 8.04. The Labute approximate surface area is 167 Å². The van der Waals surface area contributed by atoms with Crippen LogP contribution >= 0.6 is 0 Å². The molecule has 0 aliphatic heterocycles. The minimum atomic E-state index is -0.817. The normalized spacial score (nSPS) is 15.4. The second-order valence-corrected chi connectivity index (χ2v) is 8.04. The van der Waals surface area contributed by atoms with Crippen molar-refractivity contribution in [2.24, 2.45) is 11.3 Å². The molecule has 1 saturated carbocycles. The molecule has 0 N–H and O–H groups in total. The van der Waals surface area contributed by atoms with Crippen molar-refractivity contribution >= 4 is 0 Å². The summed E-state index contributed by atoms with van der Waals surface area (Å²) in [6, 6.07) is 8.01. The van der Waals surface area contributed by atoms with Crippen LogP contribution in [-0.4, -0.2) is 27.0 Å². The van der Waals surface area contributed by atoms with Crippen LogP contribution in [0.15, 0.2) is 36.9 Å². The molecule has 1 aromatic carbocycles. The van der Waals surface area contributed by atoms with Crippen LogP contribution < -0.4 is 0 Å². The minimum Gasteiger partial charge on any atom is -0.347 e. The van der Waals surface area contributed by atoms with Gasteiger partial charge in [0.15, 0.2) is 5.60 Å². The first-order valence-electron chi connectivity index (χ1n) is 9.46. The summed E-state index contributed by atoms with van der Waals surface area (Å²) in [5.41, 5.74) is 0.773. The van der Waals surface area contributed by atoms with Crippen molar-refractivity contribution in [2.75, 3.05) is 6.61 Å². The topological polar surface area (TPSA) is 39.9 Å². The average Bonchev–Trinajstić information content (AvgIpc) is 3.36. The van der Waals surface area contributed by atoms with Gasteiger partial charge in [-0.15, -0.1) is 6.42 Å². The first-order chi connectivity index (χ1) is 13.4. The molecule has 1 heterocycles. The molecule has 142 valence electrons. The van der Waals surface area contributed by atoms with Crippen LogP contribution in [0, 0.1) is 47.4 Å². The quantitative estimate of drug-likeness (QED) is 0.772. The Balaban J connectivity index is 1.94. The van der Waals surface area contributed by atoms with Crippen molar-refractivity contribution in [1.82, 2.24) is 14.8 Å². The first-order valence-corrected chi connectivity index (χ1v) is 9.46. The van der Waals surface area contributed by atoms with Gasteiger partial charge in [0.2, 0.25) is 0 Å². The summed E-state index contributed by atoms with van der Waals surface area (Å²) in [4.78, 5) is 4.03. The largest absolute Gasteiger partial charge is 0.347 e. The zero-order valence-corrected chi connectivity index (χ0v) is 16.7. The van der Waals surface area contributed by atoms with Gasteiger partial charge in [0.25, 0.3) is 0 Å². The number of ether oxygens (including phenoxy) is 1. The molecule has 1 fully saturated rings. The fourth-order valence-corrected chi connectivity index (χ4v) is 2.73. The summed E-state index contributed by atoms with van der Waals surface area (Å²) < 4.78 is 7.86. The lowest BCUT2D eigenvalue weighted by molar-refractivity contribution is -0.0727. The van der Waals surface area contributed by atoms with Crippen molar-refractivity contribution in [1.29, 1.82) is 0 Å². The lowest BCUT2D eigenvalue weighted by Gasteiger charge is -2.39. The van der Waals surface area contributed by atoms with Crippen LogP contribution in [0.1, 0.15) is 44.7 Å². The molecule has 0 radical (unpaired) electrons. The second kappa shape index (κ2) is 8.35. The van der Waals surface area contributed by atoms with Crippen molar-refractivity contribution < 1.29 is 4.74 Å². The van der Waals surface area contributed by atoms with E-state index in [1.54, 1.807) is 11.0 Å². The molecule has 4 heteroatoms. The maximum atomic E-state index is 6.13. The van der Waals surface area contributed by atoms with Gasteiger partial charge in [-0.2, -0.15) is 5.10 Å². The highest BCUT2D eigenvalue weighted by atomic mass is 16.5.